The fraction of sp³-hybridized carbons (Fsp3) is 0.312. The summed E-state index contributed by atoms with van der Waals surface area (Å²) >= 11 is 13.7. The van der Waals surface area contributed by atoms with Gasteiger partial charge in [-0.25, -0.2) is 4.98 Å². The lowest BCUT2D eigenvalue weighted by molar-refractivity contribution is 0.190. The van der Waals surface area contributed by atoms with Crippen molar-refractivity contribution < 1.29 is 4.52 Å². The average molecular weight is 433 g/mol. The molecule has 2 aromatic heterocycles. The Hall–Kier alpha value is -1.22. The van der Waals surface area contributed by atoms with Crippen LogP contribution < -0.4 is 5.32 Å². The van der Waals surface area contributed by atoms with Gasteiger partial charge in [0.05, 0.1) is 11.1 Å². The molecule has 138 valence electrons. The fourth-order valence-electron chi connectivity index (χ4n) is 2.73. The van der Waals surface area contributed by atoms with Crippen molar-refractivity contribution in [3.8, 4) is 22.2 Å². The molecule has 0 spiro atoms. The second kappa shape index (κ2) is 8.21. The predicted octanol–water partition coefficient (Wildman–Crippen LogP) is 4.16. The Morgan fingerprint density at radius 3 is 2.92 bits per heavy atom. The molecule has 3 heterocycles. The molecule has 3 aromatic rings. The summed E-state index contributed by atoms with van der Waals surface area (Å²) < 4.78 is 5.43. The highest BCUT2D eigenvalue weighted by Crippen LogP contribution is 2.34. The first-order chi connectivity index (χ1) is 12.1. The molecule has 0 aliphatic carbocycles. The summed E-state index contributed by atoms with van der Waals surface area (Å²) in [5.74, 6) is 1.09. The summed E-state index contributed by atoms with van der Waals surface area (Å²) in [5, 5.41) is 11.3. The maximum atomic E-state index is 6.26. The Balaban J connectivity index is 0.00000196. The van der Waals surface area contributed by atoms with Crippen molar-refractivity contribution in [3.63, 3.8) is 0 Å². The van der Waals surface area contributed by atoms with E-state index in [4.69, 9.17) is 27.7 Å². The summed E-state index contributed by atoms with van der Waals surface area (Å²) in [6.07, 6.45) is 0. The molecule has 0 bridgehead atoms. The Labute approximate surface area is 170 Å². The zero-order chi connectivity index (χ0) is 17.4. The van der Waals surface area contributed by atoms with E-state index >= 15 is 0 Å². The fourth-order valence-corrected chi connectivity index (χ4v) is 4.11. The van der Waals surface area contributed by atoms with Gasteiger partial charge in [0.15, 0.2) is 5.82 Å². The van der Waals surface area contributed by atoms with Gasteiger partial charge in [0.25, 0.3) is 5.89 Å². The third kappa shape index (κ3) is 3.88. The molecule has 1 aliphatic rings. The Kier molecular flexibility index (Phi) is 6.17. The van der Waals surface area contributed by atoms with Crippen molar-refractivity contribution in [2.45, 2.75) is 6.04 Å². The molecule has 1 fully saturated rings. The molecular weight excluding hydrogens is 417 g/mol. The lowest BCUT2D eigenvalue weighted by atomic mass is 10.2. The van der Waals surface area contributed by atoms with Gasteiger partial charge in [-0.2, -0.15) is 4.98 Å². The van der Waals surface area contributed by atoms with Crippen LogP contribution >= 0.6 is 46.9 Å². The number of benzene rings is 1. The average Bonchev–Trinajstić information content (AvgIpc) is 3.24. The molecule has 1 N–H and O–H groups in total. The number of hydrogen-bond donors (Lipinski definition) is 1. The Bertz CT molecular complexity index is 900. The van der Waals surface area contributed by atoms with Crippen LogP contribution in [0.2, 0.25) is 10.0 Å². The molecule has 6 nitrogen and oxygen atoms in total. The number of thiazole rings is 1. The van der Waals surface area contributed by atoms with Gasteiger partial charge >= 0.3 is 0 Å². The molecule has 1 aromatic carbocycles. The number of rotatable bonds is 3. The van der Waals surface area contributed by atoms with E-state index in [0.717, 1.165) is 30.2 Å². The minimum absolute atomic E-state index is 0. The summed E-state index contributed by atoms with van der Waals surface area (Å²) in [6.45, 7) is 2.72. The minimum atomic E-state index is 0. The number of aromatic nitrogens is 3. The van der Waals surface area contributed by atoms with Crippen molar-refractivity contribution >= 4 is 46.9 Å². The van der Waals surface area contributed by atoms with Gasteiger partial charge in [-0.3, -0.25) is 4.90 Å². The maximum absolute atomic E-state index is 6.26. The van der Waals surface area contributed by atoms with E-state index in [9.17, 15) is 0 Å². The first-order valence-electron chi connectivity index (χ1n) is 7.77. The molecule has 1 saturated heterocycles. The third-order valence-electron chi connectivity index (χ3n) is 4.14. The lowest BCUT2D eigenvalue weighted by Gasteiger charge is -2.30. The van der Waals surface area contributed by atoms with Crippen LogP contribution in [-0.2, 0) is 0 Å². The molecule has 1 atom stereocenters. The molecule has 1 unspecified atom stereocenters. The van der Waals surface area contributed by atoms with Crippen molar-refractivity contribution in [1.29, 1.82) is 0 Å². The first kappa shape index (κ1) is 19.5. The zero-order valence-electron chi connectivity index (χ0n) is 13.8. The van der Waals surface area contributed by atoms with Crippen LogP contribution in [0.25, 0.3) is 22.2 Å². The summed E-state index contributed by atoms with van der Waals surface area (Å²) in [4.78, 5) is 11.3. The number of hydrogen-bond acceptors (Lipinski definition) is 7. The summed E-state index contributed by atoms with van der Waals surface area (Å²) in [7, 11) is 2.06. The minimum Gasteiger partial charge on any atom is -0.332 e. The molecular formula is C16H16Cl3N5OS. The number of nitrogens with zero attached hydrogens (tertiary/aromatic N) is 4. The van der Waals surface area contributed by atoms with E-state index in [-0.39, 0.29) is 18.4 Å². The molecule has 26 heavy (non-hydrogen) atoms. The van der Waals surface area contributed by atoms with Crippen molar-refractivity contribution in [2.24, 2.45) is 0 Å². The summed E-state index contributed by atoms with van der Waals surface area (Å²) in [5.41, 5.74) is 1.48. The van der Waals surface area contributed by atoms with Gasteiger partial charge in [0.2, 0.25) is 0 Å². The maximum Gasteiger partial charge on any atom is 0.277 e. The lowest BCUT2D eigenvalue weighted by Crippen LogP contribution is -2.44. The van der Waals surface area contributed by atoms with Crippen LogP contribution in [0.3, 0.4) is 0 Å². The number of piperazine rings is 1. The predicted molar refractivity (Wildman–Crippen MR) is 106 cm³/mol. The van der Waals surface area contributed by atoms with Crippen LogP contribution in [0.4, 0.5) is 0 Å². The van der Waals surface area contributed by atoms with Gasteiger partial charge in [-0.15, -0.1) is 23.7 Å². The standard InChI is InChI=1S/C16H15Cl2N5OS.ClH/c1-23-5-4-19-7-13(23)14-21-15(24-22-14)12-8-25-16(20-12)10-3-2-9(17)6-11(10)18;/h2-3,6,8,13,19H,4-5,7H2,1H3;1H. The van der Waals surface area contributed by atoms with Gasteiger partial charge in [-0.1, -0.05) is 28.4 Å². The monoisotopic (exact) mass is 431 g/mol. The molecule has 4 rings (SSSR count). The van der Waals surface area contributed by atoms with Gasteiger partial charge < -0.3 is 9.84 Å². The molecule has 0 radical (unpaired) electrons. The molecule has 1 aliphatic heterocycles. The third-order valence-corrected chi connectivity index (χ3v) is 5.56. The first-order valence-corrected chi connectivity index (χ1v) is 9.41. The smallest absolute Gasteiger partial charge is 0.277 e. The highest BCUT2D eigenvalue weighted by atomic mass is 35.5. The van der Waals surface area contributed by atoms with Gasteiger partial charge in [-0.05, 0) is 25.2 Å². The Morgan fingerprint density at radius 2 is 2.15 bits per heavy atom. The normalized spacial score (nSPS) is 17.9. The van der Waals surface area contributed by atoms with E-state index in [1.54, 1.807) is 12.1 Å². The van der Waals surface area contributed by atoms with Gasteiger partial charge in [0, 0.05) is 35.6 Å². The highest BCUT2D eigenvalue weighted by molar-refractivity contribution is 7.13. The van der Waals surface area contributed by atoms with Crippen molar-refractivity contribution in [1.82, 2.24) is 25.3 Å². The zero-order valence-corrected chi connectivity index (χ0v) is 16.9. The number of nitrogens with one attached hydrogen (secondary N) is 1. The molecule has 0 saturated carbocycles. The molecule has 0 amide bonds. The topological polar surface area (TPSA) is 67.1 Å². The van der Waals surface area contributed by atoms with E-state index in [1.165, 1.54) is 11.3 Å². The summed E-state index contributed by atoms with van der Waals surface area (Å²) in [6, 6.07) is 5.46. The highest BCUT2D eigenvalue weighted by Gasteiger charge is 2.26. The SMILES string of the molecule is CN1CCNCC1c1noc(-c2csc(-c3ccc(Cl)cc3Cl)n2)n1.Cl. The molecule has 10 heteroatoms. The Morgan fingerprint density at radius 1 is 1.31 bits per heavy atom. The van der Waals surface area contributed by atoms with Crippen molar-refractivity contribution in [3.05, 3.63) is 39.4 Å². The largest absolute Gasteiger partial charge is 0.332 e. The van der Waals surface area contributed by atoms with E-state index in [0.29, 0.717) is 27.5 Å². The van der Waals surface area contributed by atoms with E-state index in [2.05, 4.69) is 32.4 Å². The second-order valence-corrected chi connectivity index (χ2v) is 7.52. The number of likely N-dealkylation sites (N-methyl/N-ethyl adjacent to an activating group) is 1. The van der Waals surface area contributed by atoms with Crippen molar-refractivity contribution in [2.75, 3.05) is 26.7 Å². The van der Waals surface area contributed by atoms with Gasteiger partial charge in [0.1, 0.15) is 10.7 Å². The van der Waals surface area contributed by atoms with E-state index < -0.39 is 0 Å². The second-order valence-electron chi connectivity index (χ2n) is 5.82. The number of halogens is 3. The van der Waals surface area contributed by atoms with Crippen LogP contribution in [0.5, 0.6) is 0 Å². The van der Waals surface area contributed by atoms with Crippen LogP contribution in [0.1, 0.15) is 11.9 Å². The quantitative estimate of drug-likeness (QED) is 0.670. The van der Waals surface area contributed by atoms with E-state index in [1.807, 2.05) is 11.4 Å². The van der Waals surface area contributed by atoms with Crippen LogP contribution in [0, 0.1) is 0 Å². The van der Waals surface area contributed by atoms with Crippen LogP contribution in [-0.4, -0.2) is 46.7 Å². The van der Waals surface area contributed by atoms with Crippen LogP contribution in [0.15, 0.2) is 28.1 Å².